The van der Waals surface area contributed by atoms with E-state index >= 15 is 0 Å². The maximum absolute atomic E-state index is 11.6. The van der Waals surface area contributed by atoms with Gasteiger partial charge in [0, 0.05) is 23.8 Å². The molecule has 2 aliphatic rings. The summed E-state index contributed by atoms with van der Waals surface area (Å²) in [6.45, 7) is 1.48. The number of hydrogen-bond donors (Lipinski definition) is 2. The van der Waals surface area contributed by atoms with Crippen LogP contribution in [0, 0.1) is 0 Å². The summed E-state index contributed by atoms with van der Waals surface area (Å²) in [5.74, 6) is 1.02. The molecule has 102 valence electrons. The van der Waals surface area contributed by atoms with Gasteiger partial charge in [-0.15, -0.1) is 0 Å². The van der Waals surface area contributed by atoms with Crippen LogP contribution in [0.4, 0.5) is 5.69 Å². The number of benzene rings is 1. The molecule has 1 amide bonds. The Balaban J connectivity index is 1.53. The predicted molar refractivity (Wildman–Crippen MR) is 74.5 cm³/mol. The first-order valence-corrected chi connectivity index (χ1v) is 7.11. The summed E-state index contributed by atoms with van der Waals surface area (Å²) >= 11 is 0. The van der Waals surface area contributed by atoms with Gasteiger partial charge in [-0.05, 0) is 37.8 Å². The molecule has 0 radical (unpaired) electrons. The third-order valence-electron chi connectivity index (χ3n) is 3.58. The van der Waals surface area contributed by atoms with Crippen LogP contribution in [0.1, 0.15) is 31.2 Å². The lowest BCUT2D eigenvalue weighted by Crippen LogP contribution is -2.26. The van der Waals surface area contributed by atoms with Crippen molar-refractivity contribution in [2.75, 3.05) is 18.5 Å². The number of rotatable bonds is 5. The largest absolute Gasteiger partial charge is 0.493 e. The minimum Gasteiger partial charge on any atom is -0.493 e. The summed E-state index contributed by atoms with van der Waals surface area (Å²) in [7, 11) is 0. The van der Waals surface area contributed by atoms with Gasteiger partial charge in [0.2, 0.25) is 5.91 Å². The topological polar surface area (TPSA) is 50.4 Å². The van der Waals surface area contributed by atoms with Crippen molar-refractivity contribution in [1.29, 1.82) is 0 Å². The van der Waals surface area contributed by atoms with Crippen molar-refractivity contribution in [2.24, 2.45) is 0 Å². The van der Waals surface area contributed by atoms with Gasteiger partial charge in [-0.2, -0.15) is 0 Å². The minimum atomic E-state index is 0.102. The fourth-order valence-corrected chi connectivity index (χ4v) is 2.39. The molecule has 3 rings (SSSR count). The molecule has 1 aliphatic heterocycles. The van der Waals surface area contributed by atoms with Crippen LogP contribution in [0.15, 0.2) is 18.2 Å². The van der Waals surface area contributed by atoms with E-state index in [1.807, 2.05) is 12.1 Å². The van der Waals surface area contributed by atoms with Crippen molar-refractivity contribution < 1.29 is 9.53 Å². The highest BCUT2D eigenvalue weighted by molar-refractivity contribution is 5.76. The summed E-state index contributed by atoms with van der Waals surface area (Å²) < 4.78 is 5.78. The first kappa shape index (κ1) is 12.3. The Kier molecular flexibility index (Phi) is 3.58. The number of amides is 1. The molecular weight excluding hydrogens is 240 g/mol. The molecule has 2 N–H and O–H groups in total. The zero-order valence-corrected chi connectivity index (χ0v) is 11.1. The van der Waals surface area contributed by atoms with Gasteiger partial charge in [0.25, 0.3) is 0 Å². The van der Waals surface area contributed by atoms with Gasteiger partial charge in [-0.25, -0.2) is 0 Å². The van der Waals surface area contributed by atoms with Gasteiger partial charge < -0.3 is 15.4 Å². The van der Waals surface area contributed by atoms with E-state index in [1.165, 1.54) is 11.3 Å². The van der Waals surface area contributed by atoms with Crippen molar-refractivity contribution in [2.45, 2.75) is 38.1 Å². The molecule has 0 unspecified atom stereocenters. The molecule has 0 saturated heterocycles. The van der Waals surface area contributed by atoms with E-state index in [-0.39, 0.29) is 5.91 Å². The first-order valence-electron chi connectivity index (χ1n) is 7.11. The molecule has 1 heterocycles. The van der Waals surface area contributed by atoms with Gasteiger partial charge in [-0.1, -0.05) is 6.07 Å². The zero-order chi connectivity index (χ0) is 13.1. The van der Waals surface area contributed by atoms with Crippen LogP contribution in [0.2, 0.25) is 0 Å². The monoisotopic (exact) mass is 260 g/mol. The van der Waals surface area contributed by atoms with E-state index in [2.05, 4.69) is 16.7 Å². The fourth-order valence-electron chi connectivity index (χ4n) is 2.39. The van der Waals surface area contributed by atoms with Crippen molar-refractivity contribution in [1.82, 2.24) is 5.32 Å². The van der Waals surface area contributed by atoms with Crippen molar-refractivity contribution >= 4 is 11.6 Å². The molecule has 0 bridgehead atoms. The Morgan fingerprint density at radius 3 is 3.16 bits per heavy atom. The number of ether oxygens (including phenoxy) is 1. The van der Waals surface area contributed by atoms with E-state index in [4.69, 9.17) is 4.74 Å². The molecule has 1 aliphatic carbocycles. The summed E-state index contributed by atoms with van der Waals surface area (Å²) in [4.78, 5) is 11.6. The minimum absolute atomic E-state index is 0.102. The quantitative estimate of drug-likeness (QED) is 0.852. The van der Waals surface area contributed by atoms with Crippen molar-refractivity contribution in [3.63, 3.8) is 0 Å². The van der Waals surface area contributed by atoms with Crippen LogP contribution in [-0.4, -0.2) is 25.1 Å². The molecule has 0 spiro atoms. The lowest BCUT2D eigenvalue weighted by molar-refractivity contribution is -0.121. The number of anilines is 1. The standard InChI is InChI=1S/C15H20N2O2/c18-15(17-11-6-7-11)8-10-19-14-5-1-4-13-12(14)3-2-9-16-13/h1,4-5,11,16H,2-3,6-10H2,(H,17,18). The maximum atomic E-state index is 11.6. The second-order valence-electron chi connectivity index (χ2n) is 5.25. The van der Waals surface area contributed by atoms with Crippen LogP contribution in [0.5, 0.6) is 5.75 Å². The van der Waals surface area contributed by atoms with Crippen LogP contribution in [-0.2, 0) is 11.2 Å². The molecule has 1 saturated carbocycles. The average Bonchev–Trinajstić information content (AvgIpc) is 3.23. The van der Waals surface area contributed by atoms with Crippen LogP contribution >= 0.6 is 0 Å². The molecule has 1 fully saturated rings. The van der Waals surface area contributed by atoms with Gasteiger partial charge >= 0.3 is 0 Å². The Bertz CT molecular complexity index is 469. The average molecular weight is 260 g/mol. The fraction of sp³-hybridized carbons (Fsp3) is 0.533. The molecule has 4 nitrogen and oxygen atoms in total. The Hall–Kier alpha value is -1.71. The maximum Gasteiger partial charge on any atom is 0.223 e. The highest BCUT2D eigenvalue weighted by Gasteiger charge is 2.23. The van der Waals surface area contributed by atoms with Gasteiger partial charge in [0.1, 0.15) is 5.75 Å². The summed E-state index contributed by atoms with van der Waals surface area (Å²) in [6, 6.07) is 6.50. The number of carbonyl (C=O) groups is 1. The van der Waals surface area contributed by atoms with Gasteiger partial charge in [0.05, 0.1) is 13.0 Å². The van der Waals surface area contributed by atoms with Crippen molar-refractivity contribution in [3.05, 3.63) is 23.8 Å². The van der Waals surface area contributed by atoms with E-state index < -0.39 is 0 Å². The predicted octanol–water partition coefficient (Wildman–Crippen LogP) is 2.09. The van der Waals surface area contributed by atoms with E-state index in [9.17, 15) is 4.79 Å². The molecule has 0 aromatic heterocycles. The SMILES string of the molecule is O=C(CCOc1cccc2c1CCCN2)NC1CC1. The Labute approximate surface area is 113 Å². The smallest absolute Gasteiger partial charge is 0.223 e. The summed E-state index contributed by atoms with van der Waals surface area (Å²) in [5, 5.41) is 6.35. The van der Waals surface area contributed by atoms with Gasteiger partial charge in [0.15, 0.2) is 0 Å². The zero-order valence-electron chi connectivity index (χ0n) is 11.1. The third-order valence-corrected chi connectivity index (χ3v) is 3.58. The molecule has 19 heavy (non-hydrogen) atoms. The molecule has 1 aromatic rings. The Morgan fingerprint density at radius 1 is 1.42 bits per heavy atom. The van der Waals surface area contributed by atoms with Crippen LogP contribution in [0.25, 0.3) is 0 Å². The summed E-state index contributed by atoms with van der Waals surface area (Å²) in [5.41, 5.74) is 2.42. The lowest BCUT2D eigenvalue weighted by Gasteiger charge is -2.20. The highest BCUT2D eigenvalue weighted by atomic mass is 16.5. The normalized spacial score (nSPS) is 17.3. The first-order chi connectivity index (χ1) is 9.33. The third kappa shape index (κ3) is 3.19. The molecule has 0 atom stereocenters. The van der Waals surface area contributed by atoms with E-state index in [0.29, 0.717) is 19.1 Å². The molecular formula is C15H20N2O2. The number of fused-ring (bicyclic) bond motifs is 1. The van der Waals surface area contributed by atoms with Crippen LogP contribution < -0.4 is 15.4 Å². The lowest BCUT2D eigenvalue weighted by atomic mass is 10.0. The second kappa shape index (κ2) is 5.51. The van der Waals surface area contributed by atoms with E-state index in [1.54, 1.807) is 0 Å². The summed E-state index contributed by atoms with van der Waals surface area (Å²) in [6.07, 6.45) is 4.88. The number of hydrogen-bond acceptors (Lipinski definition) is 3. The van der Waals surface area contributed by atoms with Crippen molar-refractivity contribution in [3.8, 4) is 5.75 Å². The Morgan fingerprint density at radius 2 is 2.32 bits per heavy atom. The second-order valence-corrected chi connectivity index (χ2v) is 5.25. The molecule has 4 heteroatoms. The number of nitrogens with one attached hydrogen (secondary N) is 2. The van der Waals surface area contributed by atoms with E-state index in [0.717, 1.165) is 38.0 Å². The van der Waals surface area contributed by atoms with Gasteiger partial charge in [-0.3, -0.25) is 4.79 Å². The van der Waals surface area contributed by atoms with Crippen LogP contribution in [0.3, 0.4) is 0 Å². The molecule has 1 aromatic carbocycles. The number of carbonyl (C=O) groups excluding carboxylic acids is 1. The highest BCUT2D eigenvalue weighted by Crippen LogP contribution is 2.30.